The number of hydrogen-bond donors (Lipinski definition) is 0. The summed E-state index contributed by atoms with van der Waals surface area (Å²) in [4.78, 5) is 0. The van der Waals surface area contributed by atoms with Crippen LogP contribution in [0, 0.1) is 21.0 Å². The molecule has 0 fully saturated rings. The van der Waals surface area contributed by atoms with Gasteiger partial charge in [0.1, 0.15) is 0 Å². The smallest absolute Gasteiger partial charge is 0.0162 e. The Morgan fingerprint density at radius 3 is 1.42 bits per heavy atom. The van der Waals surface area contributed by atoms with Crippen LogP contribution in [0.4, 0.5) is 0 Å². The highest BCUT2D eigenvalue weighted by molar-refractivity contribution is 14.1. The van der Waals surface area contributed by atoms with E-state index in [4.69, 9.17) is 0 Å². The predicted molar refractivity (Wildman–Crippen MR) is 99.9 cm³/mol. The van der Waals surface area contributed by atoms with Crippen molar-refractivity contribution in [3.63, 3.8) is 0 Å². The molecule has 0 bridgehead atoms. The summed E-state index contributed by atoms with van der Waals surface area (Å²) < 4.78 is 2.68. The first-order chi connectivity index (χ1) is 8.82. The molecule has 0 saturated carbocycles. The third-order valence-corrected chi connectivity index (χ3v) is 6.11. The standard InChI is InChI=1S/C17H18I2/c1-11-5-7-13(9-15(11)18)17(3,4)14-8-6-12(2)16(19)10-14/h5-10H,1-4H3. The first-order valence-corrected chi connectivity index (χ1v) is 8.51. The maximum absolute atomic E-state index is 2.42. The maximum Gasteiger partial charge on any atom is 0.0162 e. The topological polar surface area (TPSA) is 0 Å². The van der Waals surface area contributed by atoms with E-state index in [-0.39, 0.29) is 5.41 Å². The molecule has 0 saturated heterocycles. The van der Waals surface area contributed by atoms with Gasteiger partial charge in [0.15, 0.2) is 0 Å². The highest BCUT2D eigenvalue weighted by atomic mass is 127. The summed E-state index contributed by atoms with van der Waals surface area (Å²) in [5, 5.41) is 0. The molecule has 0 aliphatic carbocycles. The van der Waals surface area contributed by atoms with Gasteiger partial charge in [-0.1, -0.05) is 38.1 Å². The van der Waals surface area contributed by atoms with Gasteiger partial charge in [-0.2, -0.15) is 0 Å². The maximum atomic E-state index is 2.42. The Morgan fingerprint density at radius 1 is 0.737 bits per heavy atom. The van der Waals surface area contributed by atoms with Crippen LogP contribution < -0.4 is 0 Å². The lowest BCUT2D eigenvalue weighted by Gasteiger charge is -2.27. The second kappa shape index (κ2) is 5.72. The zero-order chi connectivity index (χ0) is 14.2. The Hall–Kier alpha value is -0.100. The second-order valence-electron chi connectivity index (χ2n) is 5.55. The monoisotopic (exact) mass is 476 g/mol. The van der Waals surface area contributed by atoms with Gasteiger partial charge < -0.3 is 0 Å². The second-order valence-corrected chi connectivity index (χ2v) is 7.88. The minimum atomic E-state index is 0.0429. The molecule has 0 aromatic heterocycles. The van der Waals surface area contributed by atoms with Crippen LogP contribution in [0.5, 0.6) is 0 Å². The summed E-state index contributed by atoms with van der Waals surface area (Å²) in [5.74, 6) is 0. The molecular formula is C17H18I2. The van der Waals surface area contributed by atoms with Gasteiger partial charge in [-0.25, -0.2) is 0 Å². The van der Waals surface area contributed by atoms with E-state index in [0.717, 1.165) is 0 Å². The summed E-state index contributed by atoms with van der Waals surface area (Å²) in [7, 11) is 0. The summed E-state index contributed by atoms with van der Waals surface area (Å²) >= 11 is 4.84. The molecule has 0 heterocycles. The molecule has 0 atom stereocenters. The van der Waals surface area contributed by atoms with Crippen molar-refractivity contribution in [2.24, 2.45) is 0 Å². The zero-order valence-corrected chi connectivity index (χ0v) is 16.0. The van der Waals surface area contributed by atoms with Crippen molar-refractivity contribution in [2.45, 2.75) is 33.1 Å². The van der Waals surface area contributed by atoms with Gasteiger partial charge in [0, 0.05) is 12.6 Å². The first-order valence-electron chi connectivity index (χ1n) is 6.35. The Bertz CT molecular complexity index is 559. The van der Waals surface area contributed by atoms with E-state index in [0.29, 0.717) is 0 Å². The van der Waals surface area contributed by atoms with Gasteiger partial charge in [0.25, 0.3) is 0 Å². The Labute approximate surface area is 143 Å². The van der Waals surface area contributed by atoms with E-state index in [2.05, 4.69) is 109 Å². The van der Waals surface area contributed by atoms with E-state index in [1.165, 1.54) is 29.4 Å². The van der Waals surface area contributed by atoms with Gasteiger partial charge in [-0.3, -0.25) is 0 Å². The molecule has 19 heavy (non-hydrogen) atoms. The molecule has 0 unspecified atom stereocenters. The van der Waals surface area contributed by atoms with Crippen molar-refractivity contribution < 1.29 is 0 Å². The number of aryl methyl sites for hydroxylation is 2. The van der Waals surface area contributed by atoms with Crippen molar-refractivity contribution >= 4 is 45.2 Å². The third kappa shape index (κ3) is 3.15. The Balaban J connectivity index is 2.51. The number of hydrogen-bond acceptors (Lipinski definition) is 0. The average molecular weight is 476 g/mol. The molecule has 0 radical (unpaired) electrons. The van der Waals surface area contributed by atoms with Crippen LogP contribution in [0.1, 0.15) is 36.1 Å². The SMILES string of the molecule is Cc1ccc(C(C)(C)c2ccc(C)c(I)c2)cc1I. The van der Waals surface area contributed by atoms with Gasteiger partial charge in [0.05, 0.1) is 0 Å². The lowest BCUT2D eigenvalue weighted by atomic mass is 9.78. The van der Waals surface area contributed by atoms with Crippen LogP contribution in [0.15, 0.2) is 36.4 Å². The van der Waals surface area contributed by atoms with Crippen LogP contribution in [-0.4, -0.2) is 0 Å². The Morgan fingerprint density at radius 2 is 1.11 bits per heavy atom. The van der Waals surface area contributed by atoms with Crippen molar-refractivity contribution in [2.75, 3.05) is 0 Å². The molecule has 0 spiro atoms. The number of halogens is 2. The number of rotatable bonds is 2. The van der Waals surface area contributed by atoms with Crippen LogP contribution >= 0.6 is 45.2 Å². The quantitative estimate of drug-likeness (QED) is 0.479. The van der Waals surface area contributed by atoms with Crippen LogP contribution in [0.3, 0.4) is 0 Å². The van der Waals surface area contributed by atoms with Crippen molar-refractivity contribution in [1.82, 2.24) is 0 Å². The normalized spacial score (nSPS) is 11.7. The van der Waals surface area contributed by atoms with E-state index in [1.54, 1.807) is 0 Å². The third-order valence-electron chi connectivity index (χ3n) is 3.79. The van der Waals surface area contributed by atoms with E-state index in [9.17, 15) is 0 Å². The highest BCUT2D eigenvalue weighted by Gasteiger charge is 2.24. The lowest BCUT2D eigenvalue weighted by Crippen LogP contribution is -2.19. The van der Waals surface area contributed by atoms with Crippen LogP contribution in [-0.2, 0) is 5.41 Å². The molecule has 2 rings (SSSR count). The van der Waals surface area contributed by atoms with E-state index >= 15 is 0 Å². The predicted octanol–water partition coefficient (Wildman–Crippen LogP) is 5.84. The van der Waals surface area contributed by atoms with E-state index < -0.39 is 0 Å². The van der Waals surface area contributed by atoms with Gasteiger partial charge in [-0.05, 0) is 93.4 Å². The first kappa shape index (κ1) is 15.3. The fourth-order valence-electron chi connectivity index (χ4n) is 2.13. The van der Waals surface area contributed by atoms with E-state index in [1.807, 2.05) is 0 Å². The summed E-state index contributed by atoms with van der Waals surface area (Å²) in [5.41, 5.74) is 5.49. The average Bonchev–Trinajstić information content (AvgIpc) is 2.35. The van der Waals surface area contributed by atoms with Crippen molar-refractivity contribution in [3.05, 3.63) is 65.8 Å². The summed E-state index contributed by atoms with van der Waals surface area (Å²) in [6, 6.07) is 13.6. The summed E-state index contributed by atoms with van der Waals surface area (Å²) in [6.07, 6.45) is 0. The minimum Gasteiger partial charge on any atom is -0.0580 e. The minimum absolute atomic E-state index is 0.0429. The van der Waals surface area contributed by atoms with Gasteiger partial charge in [0.2, 0.25) is 0 Å². The molecule has 100 valence electrons. The molecule has 0 N–H and O–H groups in total. The Kier molecular flexibility index (Phi) is 4.60. The fraction of sp³-hybridized carbons (Fsp3) is 0.294. The summed E-state index contributed by atoms with van der Waals surface area (Å²) in [6.45, 7) is 8.92. The van der Waals surface area contributed by atoms with Gasteiger partial charge >= 0.3 is 0 Å². The fourth-order valence-corrected chi connectivity index (χ4v) is 3.16. The molecule has 2 aromatic rings. The molecular weight excluding hydrogens is 458 g/mol. The zero-order valence-electron chi connectivity index (χ0n) is 11.7. The van der Waals surface area contributed by atoms with Crippen molar-refractivity contribution in [3.8, 4) is 0 Å². The molecule has 2 heteroatoms. The number of benzene rings is 2. The van der Waals surface area contributed by atoms with Gasteiger partial charge in [-0.15, -0.1) is 0 Å². The molecule has 0 aliphatic heterocycles. The van der Waals surface area contributed by atoms with Crippen molar-refractivity contribution in [1.29, 1.82) is 0 Å². The molecule has 0 amide bonds. The van der Waals surface area contributed by atoms with Crippen LogP contribution in [0.25, 0.3) is 0 Å². The molecule has 2 aromatic carbocycles. The highest BCUT2D eigenvalue weighted by Crippen LogP contribution is 2.34. The molecule has 0 nitrogen and oxygen atoms in total. The molecule has 0 aliphatic rings. The van der Waals surface area contributed by atoms with Crippen LogP contribution in [0.2, 0.25) is 0 Å². The largest absolute Gasteiger partial charge is 0.0580 e. The lowest BCUT2D eigenvalue weighted by molar-refractivity contribution is 0.639.